The Bertz CT molecular complexity index is 1250. The zero-order valence-electron chi connectivity index (χ0n) is 19.4. The Morgan fingerprint density at radius 2 is 1.83 bits per heavy atom. The number of ether oxygens (including phenoxy) is 2. The second-order valence-corrected chi connectivity index (χ2v) is 8.82. The fourth-order valence-corrected chi connectivity index (χ4v) is 4.49. The molecule has 0 radical (unpaired) electrons. The largest absolute Gasteiger partial charge is 0.493 e. The fourth-order valence-electron chi connectivity index (χ4n) is 3.18. The average Bonchev–Trinajstić information content (AvgIpc) is 3.30. The number of hydrazine groups is 1. The number of hydrogen-bond acceptors (Lipinski definition) is 9. The van der Waals surface area contributed by atoms with Gasteiger partial charge in [-0.05, 0) is 30.3 Å². The van der Waals surface area contributed by atoms with E-state index in [1.807, 2.05) is 24.3 Å². The summed E-state index contributed by atoms with van der Waals surface area (Å²) in [6.45, 7) is 0.117. The van der Waals surface area contributed by atoms with Crippen LogP contribution in [0.15, 0.2) is 42.5 Å². The first-order chi connectivity index (χ1) is 17.2. The quantitative estimate of drug-likeness (QED) is 0.228. The lowest BCUT2D eigenvalue weighted by Gasteiger charge is -2.26. The number of thiazole rings is 1. The number of nitrogens with zero attached hydrogens (tertiary/aromatic N) is 2. The predicted octanol–water partition coefficient (Wildman–Crippen LogP) is 1.73. The Morgan fingerprint density at radius 1 is 1.11 bits per heavy atom. The van der Waals surface area contributed by atoms with Gasteiger partial charge in [0.1, 0.15) is 17.6 Å². The summed E-state index contributed by atoms with van der Waals surface area (Å²) in [5, 5.41) is 10.00. The molecule has 190 valence electrons. The van der Waals surface area contributed by atoms with Crippen molar-refractivity contribution in [2.45, 2.75) is 13.0 Å². The van der Waals surface area contributed by atoms with E-state index in [0.717, 1.165) is 32.6 Å². The summed E-state index contributed by atoms with van der Waals surface area (Å²) in [5.74, 6) is -2.86. The number of nitrogens with one attached hydrogen (secondary N) is 2. The lowest BCUT2D eigenvalue weighted by atomic mass is 10.2. The zero-order chi connectivity index (χ0) is 26.2. The summed E-state index contributed by atoms with van der Waals surface area (Å²) in [6.07, 6.45) is 0. The molecule has 0 bridgehead atoms. The minimum atomic E-state index is -1.30. The van der Waals surface area contributed by atoms with Gasteiger partial charge in [-0.2, -0.15) is 12.6 Å². The molecule has 0 aliphatic rings. The first kappa shape index (κ1) is 26.8. The number of thiol groups is 1. The molecule has 11 nitrogen and oxygen atoms in total. The van der Waals surface area contributed by atoms with Gasteiger partial charge in [0.15, 0.2) is 18.1 Å². The summed E-state index contributed by atoms with van der Waals surface area (Å²) in [6, 6.07) is 11.7. The van der Waals surface area contributed by atoms with Crippen molar-refractivity contribution in [1.82, 2.24) is 20.7 Å². The normalized spacial score (nSPS) is 11.4. The van der Waals surface area contributed by atoms with Gasteiger partial charge >= 0.3 is 5.97 Å². The number of carboxylic acids is 1. The topological polar surface area (TPSA) is 147 Å². The second kappa shape index (κ2) is 12.2. The molecule has 0 spiro atoms. The molecule has 1 atom stereocenters. The van der Waals surface area contributed by atoms with Crippen LogP contribution in [0.3, 0.4) is 0 Å². The molecule has 13 heteroatoms. The number of amides is 3. The van der Waals surface area contributed by atoms with E-state index < -0.39 is 42.9 Å². The van der Waals surface area contributed by atoms with Gasteiger partial charge in [0.05, 0.1) is 17.3 Å². The molecule has 0 saturated heterocycles. The maximum atomic E-state index is 12.1. The maximum absolute atomic E-state index is 12.1. The van der Waals surface area contributed by atoms with Crippen molar-refractivity contribution in [1.29, 1.82) is 0 Å². The van der Waals surface area contributed by atoms with Crippen molar-refractivity contribution in [3.63, 3.8) is 0 Å². The smallest absolute Gasteiger partial charge is 0.327 e. The zero-order valence-corrected chi connectivity index (χ0v) is 21.1. The lowest BCUT2D eigenvalue weighted by Crippen LogP contribution is -2.53. The monoisotopic (exact) mass is 532 g/mol. The lowest BCUT2D eigenvalue weighted by molar-refractivity contribution is -0.150. The molecule has 0 aliphatic carbocycles. The highest BCUT2D eigenvalue weighted by molar-refractivity contribution is 7.80. The third-order valence-corrected chi connectivity index (χ3v) is 6.39. The number of para-hydroxylation sites is 1. The van der Waals surface area contributed by atoms with Gasteiger partial charge in [0, 0.05) is 18.2 Å². The van der Waals surface area contributed by atoms with Gasteiger partial charge in [-0.15, -0.1) is 11.3 Å². The van der Waals surface area contributed by atoms with Gasteiger partial charge in [0.25, 0.3) is 11.8 Å². The van der Waals surface area contributed by atoms with E-state index in [9.17, 15) is 24.3 Å². The molecule has 3 rings (SSSR count). The van der Waals surface area contributed by atoms with Crippen LogP contribution in [0, 0.1) is 0 Å². The number of carbonyl (C=O) groups excluding carboxylic acids is 3. The van der Waals surface area contributed by atoms with Gasteiger partial charge in [-0.3, -0.25) is 25.2 Å². The molecule has 0 aliphatic heterocycles. The Hall–Kier alpha value is -3.84. The van der Waals surface area contributed by atoms with Crippen molar-refractivity contribution in [2.75, 3.05) is 26.0 Å². The van der Waals surface area contributed by atoms with Crippen LogP contribution in [-0.2, 0) is 19.2 Å². The van der Waals surface area contributed by atoms with Crippen LogP contribution in [-0.4, -0.2) is 70.7 Å². The number of fused-ring (bicyclic) bond motifs is 1. The van der Waals surface area contributed by atoms with Crippen LogP contribution in [0.4, 0.5) is 0 Å². The molecular formula is C23H24N4O7S2. The Labute approximate surface area is 215 Å². The third kappa shape index (κ3) is 6.64. The highest BCUT2D eigenvalue weighted by Gasteiger charge is 2.28. The summed E-state index contributed by atoms with van der Waals surface area (Å²) < 4.78 is 12.0. The summed E-state index contributed by atoms with van der Waals surface area (Å²) in [5.41, 5.74) is 6.00. The van der Waals surface area contributed by atoms with Crippen molar-refractivity contribution >= 4 is 57.9 Å². The molecule has 3 aromatic rings. The van der Waals surface area contributed by atoms with Crippen molar-refractivity contribution in [3.8, 4) is 22.1 Å². The van der Waals surface area contributed by atoms with E-state index in [1.165, 1.54) is 7.11 Å². The SMILES string of the molecule is COc1cc(-c2nc3ccccc3s2)ccc1OCC(=O)NNC(=O)CN(C(C)=O)[C@@H](CS)C(=O)O. The fraction of sp³-hybridized carbons (Fsp3) is 0.261. The van der Waals surface area contributed by atoms with Crippen LogP contribution in [0.5, 0.6) is 11.5 Å². The van der Waals surface area contributed by atoms with Crippen LogP contribution in [0.1, 0.15) is 6.92 Å². The van der Waals surface area contributed by atoms with Crippen LogP contribution >= 0.6 is 24.0 Å². The van der Waals surface area contributed by atoms with Crippen LogP contribution in [0.2, 0.25) is 0 Å². The number of aromatic nitrogens is 1. The molecule has 0 fully saturated rings. The number of rotatable bonds is 10. The van der Waals surface area contributed by atoms with Crippen molar-refractivity contribution in [3.05, 3.63) is 42.5 Å². The number of carbonyl (C=O) groups is 4. The van der Waals surface area contributed by atoms with E-state index >= 15 is 0 Å². The van der Waals surface area contributed by atoms with Crippen molar-refractivity contribution in [2.24, 2.45) is 0 Å². The van der Waals surface area contributed by atoms with E-state index in [-0.39, 0.29) is 5.75 Å². The number of carboxylic acid groups (broad SMARTS) is 1. The number of hydrogen-bond donors (Lipinski definition) is 4. The predicted molar refractivity (Wildman–Crippen MR) is 136 cm³/mol. The molecule has 3 amide bonds. The summed E-state index contributed by atoms with van der Waals surface area (Å²) in [7, 11) is 1.47. The summed E-state index contributed by atoms with van der Waals surface area (Å²) >= 11 is 5.45. The van der Waals surface area contributed by atoms with E-state index in [0.29, 0.717) is 11.5 Å². The molecule has 2 aromatic carbocycles. The highest BCUT2D eigenvalue weighted by Crippen LogP contribution is 2.35. The van der Waals surface area contributed by atoms with Gasteiger partial charge < -0.3 is 19.5 Å². The van der Waals surface area contributed by atoms with Gasteiger partial charge in [-0.1, -0.05) is 12.1 Å². The second-order valence-electron chi connectivity index (χ2n) is 7.42. The number of aliphatic carboxylic acids is 1. The number of benzene rings is 2. The van der Waals surface area contributed by atoms with E-state index in [2.05, 4.69) is 28.5 Å². The van der Waals surface area contributed by atoms with Gasteiger partial charge in [0.2, 0.25) is 5.91 Å². The Morgan fingerprint density at radius 3 is 2.47 bits per heavy atom. The first-order valence-corrected chi connectivity index (χ1v) is 12.0. The molecule has 36 heavy (non-hydrogen) atoms. The van der Waals surface area contributed by atoms with Crippen LogP contribution < -0.4 is 20.3 Å². The van der Waals surface area contributed by atoms with Gasteiger partial charge in [-0.25, -0.2) is 9.78 Å². The molecular weight excluding hydrogens is 508 g/mol. The Kier molecular flexibility index (Phi) is 9.08. The number of methoxy groups -OCH3 is 1. The molecule has 1 aromatic heterocycles. The minimum Gasteiger partial charge on any atom is -0.493 e. The summed E-state index contributed by atoms with van der Waals surface area (Å²) in [4.78, 5) is 52.7. The van der Waals surface area contributed by atoms with Crippen molar-refractivity contribution < 1.29 is 33.8 Å². The Balaban J connectivity index is 1.56. The van der Waals surface area contributed by atoms with Crippen LogP contribution in [0.25, 0.3) is 20.8 Å². The third-order valence-electron chi connectivity index (χ3n) is 4.96. The highest BCUT2D eigenvalue weighted by atomic mass is 32.1. The molecule has 0 saturated carbocycles. The van der Waals surface area contributed by atoms with E-state index in [1.54, 1.807) is 29.5 Å². The minimum absolute atomic E-state index is 0.179. The first-order valence-electron chi connectivity index (χ1n) is 10.6. The maximum Gasteiger partial charge on any atom is 0.327 e. The molecule has 3 N–H and O–H groups in total. The van der Waals surface area contributed by atoms with E-state index in [4.69, 9.17) is 9.47 Å². The molecule has 0 unspecified atom stereocenters. The average molecular weight is 533 g/mol. The molecule has 1 heterocycles. The standard InChI is InChI=1S/C23H24N4O7S2/c1-13(28)27(16(12-35)23(31)32)10-20(29)25-26-21(30)11-34-17-8-7-14(9-18(17)33-2)22-24-15-5-3-4-6-19(15)36-22/h3-9,16,35H,10-12H2,1-2H3,(H,25,29)(H,26,30)(H,31,32)/t16-/m0/s1.